The second kappa shape index (κ2) is 7.40. The van der Waals surface area contributed by atoms with Gasteiger partial charge in [0.05, 0.1) is 5.02 Å². The van der Waals surface area contributed by atoms with Gasteiger partial charge in [0.2, 0.25) is 0 Å². The summed E-state index contributed by atoms with van der Waals surface area (Å²) in [7, 11) is 0. The summed E-state index contributed by atoms with van der Waals surface area (Å²) >= 11 is 6.31. The maximum Gasteiger partial charge on any atom is 0.251 e. The third-order valence-electron chi connectivity index (χ3n) is 4.95. The van der Waals surface area contributed by atoms with Gasteiger partial charge in [0.1, 0.15) is 19.3 Å². The first-order valence-corrected chi connectivity index (χ1v) is 9.29. The zero-order chi connectivity index (χ0) is 17.2. The molecular weight excluding hydrogens is 344 g/mol. The molecule has 0 N–H and O–H groups in total. The van der Waals surface area contributed by atoms with Gasteiger partial charge in [-0.15, -0.1) is 0 Å². The number of hydrogen-bond acceptors (Lipinski definition) is 5. The van der Waals surface area contributed by atoms with Gasteiger partial charge >= 0.3 is 0 Å². The number of fused-ring (bicyclic) bond motifs is 1. The normalized spacial score (nSPS) is 23.7. The Hall–Kier alpha value is -1.50. The van der Waals surface area contributed by atoms with E-state index in [0.717, 1.165) is 56.9 Å². The van der Waals surface area contributed by atoms with Gasteiger partial charge < -0.3 is 19.1 Å². The molecule has 0 aromatic heterocycles. The summed E-state index contributed by atoms with van der Waals surface area (Å²) in [6.45, 7) is 5.78. The van der Waals surface area contributed by atoms with E-state index in [1.54, 1.807) is 0 Å². The molecule has 1 amide bonds. The molecular formula is C18H23ClN2O4. The Morgan fingerprint density at radius 1 is 1.12 bits per heavy atom. The van der Waals surface area contributed by atoms with E-state index in [4.69, 9.17) is 25.8 Å². The molecule has 1 aromatic rings. The van der Waals surface area contributed by atoms with Gasteiger partial charge in [-0.05, 0) is 30.5 Å². The fourth-order valence-electron chi connectivity index (χ4n) is 3.62. The molecule has 0 spiro atoms. The van der Waals surface area contributed by atoms with Crippen molar-refractivity contribution in [3.63, 3.8) is 0 Å². The predicted octanol–water partition coefficient (Wildman–Crippen LogP) is 1.93. The third kappa shape index (κ3) is 3.71. The molecule has 3 heterocycles. The number of amides is 1. The predicted molar refractivity (Wildman–Crippen MR) is 93.3 cm³/mol. The van der Waals surface area contributed by atoms with Crippen LogP contribution in [0, 0.1) is 0 Å². The van der Waals surface area contributed by atoms with Gasteiger partial charge in [-0.25, -0.2) is 0 Å². The average molecular weight is 367 g/mol. The van der Waals surface area contributed by atoms with Crippen LogP contribution in [0.25, 0.3) is 0 Å². The van der Waals surface area contributed by atoms with Gasteiger partial charge in [0.25, 0.3) is 5.91 Å². The van der Waals surface area contributed by atoms with E-state index in [0.29, 0.717) is 30.6 Å². The van der Waals surface area contributed by atoms with Crippen molar-refractivity contribution in [2.24, 2.45) is 0 Å². The Bertz CT molecular complexity index is 640. The summed E-state index contributed by atoms with van der Waals surface area (Å²) in [6.07, 6.45) is 1.62. The van der Waals surface area contributed by atoms with Crippen LogP contribution in [0.1, 0.15) is 18.4 Å². The number of rotatable bonds is 3. The van der Waals surface area contributed by atoms with Gasteiger partial charge in [-0.2, -0.15) is 0 Å². The minimum atomic E-state index is -0.219. The lowest BCUT2D eigenvalue weighted by molar-refractivity contribution is -0.142. The van der Waals surface area contributed by atoms with Crippen LogP contribution in [0.15, 0.2) is 12.1 Å². The summed E-state index contributed by atoms with van der Waals surface area (Å²) in [5, 5.41) is 0.597. The van der Waals surface area contributed by atoms with E-state index in [1.807, 2.05) is 17.0 Å². The number of ether oxygens (including phenoxy) is 3. The van der Waals surface area contributed by atoms with Gasteiger partial charge in [0, 0.05) is 39.3 Å². The minimum absolute atomic E-state index is 0.152. The summed E-state index contributed by atoms with van der Waals surface area (Å²) < 4.78 is 16.7. The first-order valence-electron chi connectivity index (χ1n) is 8.91. The van der Waals surface area contributed by atoms with Gasteiger partial charge in [0.15, 0.2) is 11.5 Å². The molecule has 3 aliphatic heterocycles. The molecule has 4 rings (SSSR count). The molecule has 1 atom stereocenters. The molecule has 6 nitrogen and oxygen atoms in total. The molecule has 0 bridgehead atoms. The number of carbonyl (C=O) groups is 1. The topological polar surface area (TPSA) is 51.2 Å². The molecule has 0 aliphatic carbocycles. The maximum absolute atomic E-state index is 12.4. The Morgan fingerprint density at radius 2 is 1.92 bits per heavy atom. The molecule has 7 heteroatoms. The first kappa shape index (κ1) is 16.9. The zero-order valence-electron chi connectivity index (χ0n) is 14.2. The fraction of sp³-hybridized carbons (Fsp3) is 0.611. The zero-order valence-corrected chi connectivity index (χ0v) is 15.0. The largest absolute Gasteiger partial charge is 0.486 e. The van der Waals surface area contributed by atoms with Crippen molar-refractivity contribution in [3.05, 3.63) is 22.7 Å². The molecule has 25 heavy (non-hydrogen) atoms. The van der Waals surface area contributed by atoms with E-state index < -0.39 is 0 Å². The first-order chi connectivity index (χ1) is 12.2. The lowest BCUT2D eigenvalue weighted by Crippen LogP contribution is -2.51. The van der Waals surface area contributed by atoms with Crippen molar-refractivity contribution < 1.29 is 19.0 Å². The molecule has 3 aliphatic rings. The second-order valence-electron chi connectivity index (χ2n) is 6.70. The SMILES string of the molecule is O=C(C1CCCO1)N1CCN(Cc2cc(Cl)c3c(c2)OCCO3)CC1. The standard InChI is InChI=1S/C18H23ClN2O4/c19-14-10-13(11-16-17(14)25-9-8-24-16)12-20-3-5-21(6-4-20)18(22)15-2-1-7-23-15/h10-11,15H,1-9,12H2. The molecule has 1 unspecified atom stereocenters. The Morgan fingerprint density at radius 3 is 2.68 bits per heavy atom. The molecule has 0 radical (unpaired) electrons. The van der Waals surface area contributed by atoms with E-state index >= 15 is 0 Å². The summed E-state index contributed by atoms with van der Waals surface area (Å²) in [6, 6.07) is 3.95. The van der Waals surface area contributed by atoms with Crippen LogP contribution in [-0.2, 0) is 16.1 Å². The summed E-state index contributed by atoms with van der Waals surface area (Å²) in [4.78, 5) is 16.7. The number of carbonyl (C=O) groups excluding carboxylic acids is 1. The van der Waals surface area contributed by atoms with Crippen molar-refractivity contribution in [2.45, 2.75) is 25.5 Å². The Balaban J connectivity index is 1.34. The van der Waals surface area contributed by atoms with Gasteiger partial charge in [-0.1, -0.05) is 11.6 Å². The lowest BCUT2D eigenvalue weighted by atomic mass is 10.1. The van der Waals surface area contributed by atoms with Crippen molar-refractivity contribution in [1.29, 1.82) is 0 Å². The second-order valence-corrected chi connectivity index (χ2v) is 7.11. The van der Waals surface area contributed by atoms with E-state index in [-0.39, 0.29) is 12.0 Å². The van der Waals surface area contributed by atoms with Crippen molar-refractivity contribution in [2.75, 3.05) is 46.0 Å². The minimum Gasteiger partial charge on any atom is -0.486 e. The maximum atomic E-state index is 12.4. The smallest absolute Gasteiger partial charge is 0.251 e. The van der Waals surface area contributed by atoms with Crippen LogP contribution in [0.4, 0.5) is 0 Å². The highest BCUT2D eigenvalue weighted by atomic mass is 35.5. The molecule has 2 fully saturated rings. The van der Waals surface area contributed by atoms with Crippen molar-refractivity contribution in [1.82, 2.24) is 9.80 Å². The quantitative estimate of drug-likeness (QED) is 0.818. The highest BCUT2D eigenvalue weighted by Gasteiger charge is 2.30. The van der Waals surface area contributed by atoms with E-state index in [9.17, 15) is 4.79 Å². The number of benzene rings is 1. The van der Waals surface area contributed by atoms with E-state index in [1.165, 1.54) is 0 Å². The Kier molecular flexibility index (Phi) is 5.01. The average Bonchev–Trinajstić information content (AvgIpc) is 3.16. The number of halogens is 1. The molecule has 1 aromatic carbocycles. The van der Waals surface area contributed by atoms with Crippen LogP contribution in [-0.4, -0.2) is 67.8 Å². The number of piperazine rings is 1. The Labute approximate surface area is 152 Å². The molecule has 136 valence electrons. The van der Waals surface area contributed by atoms with Gasteiger partial charge in [-0.3, -0.25) is 9.69 Å². The summed E-state index contributed by atoms with van der Waals surface area (Å²) in [5.41, 5.74) is 1.10. The fourth-order valence-corrected chi connectivity index (χ4v) is 3.90. The van der Waals surface area contributed by atoms with Crippen LogP contribution >= 0.6 is 11.6 Å². The van der Waals surface area contributed by atoms with Crippen LogP contribution < -0.4 is 9.47 Å². The van der Waals surface area contributed by atoms with E-state index in [2.05, 4.69) is 4.90 Å². The highest BCUT2D eigenvalue weighted by Crippen LogP contribution is 2.38. The monoisotopic (exact) mass is 366 g/mol. The van der Waals surface area contributed by atoms with Crippen LogP contribution in [0.3, 0.4) is 0 Å². The van der Waals surface area contributed by atoms with Crippen LogP contribution in [0.2, 0.25) is 5.02 Å². The van der Waals surface area contributed by atoms with Crippen molar-refractivity contribution >= 4 is 17.5 Å². The summed E-state index contributed by atoms with van der Waals surface area (Å²) in [5.74, 6) is 1.52. The number of nitrogens with zero attached hydrogens (tertiary/aromatic N) is 2. The molecule has 0 saturated carbocycles. The lowest BCUT2D eigenvalue weighted by Gasteiger charge is -2.35. The third-order valence-corrected chi connectivity index (χ3v) is 5.23. The van der Waals surface area contributed by atoms with Crippen molar-refractivity contribution in [3.8, 4) is 11.5 Å². The number of hydrogen-bond donors (Lipinski definition) is 0. The highest BCUT2D eigenvalue weighted by molar-refractivity contribution is 6.32. The van der Waals surface area contributed by atoms with Crippen LogP contribution in [0.5, 0.6) is 11.5 Å². The molecule has 2 saturated heterocycles.